The molecule has 0 radical (unpaired) electrons. The van der Waals surface area contributed by atoms with Crippen LogP contribution in [-0.2, 0) is 6.42 Å². The molecule has 2 aromatic carbocycles. The van der Waals surface area contributed by atoms with E-state index in [1.54, 1.807) is 13.0 Å². The number of benzene rings is 2. The minimum Gasteiger partial charge on any atom is -0.508 e. The quantitative estimate of drug-likeness (QED) is 0.780. The van der Waals surface area contributed by atoms with E-state index in [2.05, 4.69) is 0 Å². The SMILES string of the molecule is CC.CCc1c(F)c(F)cc2cc(O)ccc12. The van der Waals surface area contributed by atoms with Gasteiger partial charge in [-0.15, -0.1) is 0 Å². The fraction of sp³-hybridized carbons (Fsp3) is 0.286. The molecule has 0 aliphatic heterocycles. The van der Waals surface area contributed by atoms with Crippen LogP contribution >= 0.6 is 0 Å². The molecule has 0 unspecified atom stereocenters. The van der Waals surface area contributed by atoms with Crippen molar-refractivity contribution in [2.75, 3.05) is 0 Å². The number of aryl methyl sites for hydroxylation is 1. The van der Waals surface area contributed by atoms with Gasteiger partial charge in [0.05, 0.1) is 0 Å². The molecule has 0 amide bonds. The Morgan fingerprint density at radius 3 is 2.35 bits per heavy atom. The topological polar surface area (TPSA) is 20.2 Å². The van der Waals surface area contributed by atoms with Gasteiger partial charge in [0.25, 0.3) is 0 Å². The van der Waals surface area contributed by atoms with E-state index in [-0.39, 0.29) is 5.75 Å². The van der Waals surface area contributed by atoms with Gasteiger partial charge in [0.15, 0.2) is 11.6 Å². The molecule has 17 heavy (non-hydrogen) atoms. The maximum atomic E-state index is 13.4. The highest BCUT2D eigenvalue weighted by Gasteiger charge is 2.11. The molecule has 1 N–H and O–H groups in total. The molecule has 92 valence electrons. The normalized spacial score (nSPS) is 9.94. The Labute approximate surface area is 99.7 Å². The van der Waals surface area contributed by atoms with E-state index in [9.17, 15) is 13.9 Å². The van der Waals surface area contributed by atoms with Crippen LogP contribution in [0.3, 0.4) is 0 Å². The average Bonchev–Trinajstić information content (AvgIpc) is 2.34. The van der Waals surface area contributed by atoms with E-state index in [0.29, 0.717) is 22.8 Å². The molecule has 1 nitrogen and oxygen atoms in total. The zero-order valence-corrected chi connectivity index (χ0v) is 10.2. The highest BCUT2D eigenvalue weighted by atomic mass is 19.2. The molecule has 2 rings (SSSR count). The second-order valence-corrected chi connectivity index (χ2v) is 3.41. The van der Waals surface area contributed by atoms with Crippen LogP contribution < -0.4 is 0 Å². The van der Waals surface area contributed by atoms with Crippen molar-refractivity contribution in [2.45, 2.75) is 27.2 Å². The van der Waals surface area contributed by atoms with Gasteiger partial charge >= 0.3 is 0 Å². The number of hydrogen-bond acceptors (Lipinski definition) is 1. The van der Waals surface area contributed by atoms with Crippen LogP contribution in [0.25, 0.3) is 10.8 Å². The molecular weight excluding hydrogens is 222 g/mol. The molecule has 2 aromatic rings. The molecule has 0 atom stereocenters. The van der Waals surface area contributed by atoms with E-state index in [1.807, 2.05) is 13.8 Å². The molecule has 0 bridgehead atoms. The van der Waals surface area contributed by atoms with Crippen molar-refractivity contribution in [3.05, 3.63) is 41.5 Å². The molecule has 0 saturated heterocycles. The van der Waals surface area contributed by atoms with Crippen molar-refractivity contribution in [1.82, 2.24) is 0 Å². The Kier molecular flexibility index (Phi) is 4.44. The monoisotopic (exact) mass is 238 g/mol. The third-order valence-electron chi connectivity index (χ3n) is 2.47. The summed E-state index contributed by atoms with van der Waals surface area (Å²) in [6.45, 7) is 5.77. The lowest BCUT2D eigenvalue weighted by molar-refractivity contribution is 0.476. The summed E-state index contributed by atoms with van der Waals surface area (Å²) in [6.07, 6.45) is 0.421. The van der Waals surface area contributed by atoms with Gasteiger partial charge in [-0.1, -0.05) is 26.8 Å². The highest BCUT2D eigenvalue weighted by molar-refractivity contribution is 5.87. The Bertz CT molecular complexity index is 521. The lowest BCUT2D eigenvalue weighted by Gasteiger charge is -2.07. The van der Waals surface area contributed by atoms with E-state index in [0.717, 1.165) is 6.07 Å². The lowest BCUT2D eigenvalue weighted by Crippen LogP contribution is -1.94. The van der Waals surface area contributed by atoms with E-state index < -0.39 is 11.6 Å². The molecule has 0 spiro atoms. The minimum absolute atomic E-state index is 0.0514. The molecule has 3 heteroatoms. The van der Waals surface area contributed by atoms with E-state index >= 15 is 0 Å². The zero-order chi connectivity index (χ0) is 13.0. The molecule has 0 heterocycles. The van der Waals surface area contributed by atoms with Crippen molar-refractivity contribution in [1.29, 1.82) is 0 Å². The van der Waals surface area contributed by atoms with Crippen molar-refractivity contribution in [2.24, 2.45) is 0 Å². The number of halogens is 2. The van der Waals surface area contributed by atoms with Gasteiger partial charge in [0, 0.05) is 0 Å². The van der Waals surface area contributed by atoms with Crippen molar-refractivity contribution in [3.63, 3.8) is 0 Å². The Morgan fingerprint density at radius 1 is 1.12 bits per heavy atom. The predicted molar refractivity (Wildman–Crippen MR) is 66.3 cm³/mol. The molecular formula is C14H16F2O. The first-order valence-electron chi connectivity index (χ1n) is 5.73. The first kappa shape index (κ1) is 13.4. The third-order valence-corrected chi connectivity index (χ3v) is 2.47. The van der Waals surface area contributed by atoms with Gasteiger partial charge in [-0.05, 0) is 41.0 Å². The van der Waals surface area contributed by atoms with Gasteiger partial charge in [-0.25, -0.2) is 8.78 Å². The molecule has 0 aliphatic carbocycles. The third kappa shape index (κ3) is 2.54. The van der Waals surface area contributed by atoms with Gasteiger partial charge in [0.2, 0.25) is 0 Å². The molecule has 0 fully saturated rings. The number of rotatable bonds is 1. The summed E-state index contributed by atoms with van der Waals surface area (Å²) in [5, 5.41) is 10.4. The fourth-order valence-corrected chi connectivity index (χ4v) is 1.75. The maximum Gasteiger partial charge on any atom is 0.162 e. The van der Waals surface area contributed by atoms with Crippen molar-refractivity contribution < 1.29 is 13.9 Å². The summed E-state index contributed by atoms with van der Waals surface area (Å²) < 4.78 is 26.6. The van der Waals surface area contributed by atoms with Crippen LogP contribution in [0.4, 0.5) is 8.78 Å². The predicted octanol–water partition coefficient (Wildman–Crippen LogP) is 4.41. The summed E-state index contributed by atoms with van der Waals surface area (Å²) in [7, 11) is 0. The zero-order valence-electron chi connectivity index (χ0n) is 10.2. The number of fused-ring (bicyclic) bond motifs is 1. The first-order valence-corrected chi connectivity index (χ1v) is 5.73. The van der Waals surface area contributed by atoms with Crippen LogP contribution in [0.1, 0.15) is 26.3 Å². The number of hydrogen-bond donors (Lipinski definition) is 1. The van der Waals surface area contributed by atoms with Crippen molar-refractivity contribution >= 4 is 10.8 Å². The van der Waals surface area contributed by atoms with Gasteiger partial charge < -0.3 is 5.11 Å². The van der Waals surface area contributed by atoms with Gasteiger partial charge in [-0.3, -0.25) is 0 Å². The summed E-state index contributed by atoms with van der Waals surface area (Å²) >= 11 is 0. The van der Waals surface area contributed by atoms with E-state index in [4.69, 9.17) is 0 Å². The second kappa shape index (κ2) is 5.62. The van der Waals surface area contributed by atoms with Crippen LogP contribution in [0.5, 0.6) is 5.75 Å². The lowest BCUT2D eigenvalue weighted by atomic mass is 10.0. The summed E-state index contributed by atoms with van der Waals surface area (Å²) in [6, 6.07) is 5.60. The van der Waals surface area contributed by atoms with Crippen molar-refractivity contribution in [3.8, 4) is 5.75 Å². The summed E-state index contributed by atoms with van der Waals surface area (Å²) in [5.41, 5.74) is 0.352. The number of aromatic hydroxyl groups is 1. The van der Waals surface area contributed by atoms with Crippen LogP contribution in [0, 0.1) is 11.6 Å². The maximum absolute atomic E-state index is 13.4. The summed E-state index contributed by atoms with van der Waals surface area (Å²) in [4.78, 5) is 0. The van der Waals surface area contributed by atoms with Crippen LogP contribution in [-0.4, -0.2) is 5.11 Å². The van der Waals surface area contributed by atoms with E-state index in [1.165, 1.54) is 12.1 Å². The molecule has 0 saturated carbocycles. The first-order chi connectivity index (χ1) is 8.13. The Morgan fingerprint density at radius 2 is 1.76 bits per heavy atom. The van der Waals surface area contributed by atoms with Crippen LogP contribution in [0.2, 0.25) is 0 Å². The van der Waals surface area contributed by atoms with Crippen LogP contribution in [0.15, 0.2) is 24.3 Å². The number of phenols is 1. The average molecular weight is 238 g/mol. The molecule has 0 aromatic heterocycles. The Hall–Kier alpha value is -1.64. The number of phenolic OH excluding ortho intramolecular Hbond substituents is 1. The largest absolute Gasteiger partial charge is 0.508 e. The Balaban J connectivity index is 0.000000686. The fourth-order valence-electron chi connectivity index (χ4n) is 1.75. The highest BCUT2D eigenvalue weighted by Crippen LogP contribution is 2.27. The second-order valence-electron chi connectivity index (χ2n) is 3.41. The molecule has 0 aliphatic rings. The smallest absolute Gasteiger partial charge is 0.162 e. The van der Waals surface area contributed by atoms with Gasteiger partial charge in [-0.2, -0.15) is 0 Å². The summed E-state index contributed by atoms with van der Waals surface area (Å²) in [5.74, 6) is -1.61. The standard InChI is InChI=1S/C12H10F2O.C2H6/c1-2-9-10-4-3-8(15)5-7(10)6-11(13)12(9)14;1-2/h3-6,15H,2H2,1H3;1-2H3. The van der Waals surface area contributed by atoms with Gasteiger partial charge in [0.1, 0.15) is 5.75 Å². The minimum atomic E-state index is -0.870.